The summed E-state index contributed by atoms with van der Waals surface area (Å²) in [7, 11) is 2.08. The number of rotatable bonds is 6. The van der Waals surface area contributed by atoms with Crippen LogP contribution in [0.1, 0.15) is 38.1 Å². The molecular weight excluding hydrogens is 290 g/mol. The van der Waals surface area contributed by atoms with Gasteiger partial charge in [-0.3, -0.25) is 4.68 Å². The van der Waals surface area contributed by atoms with Gasteiger partial charge >= 0.3 is 0 Å². The highest BCUT2D eigenvalue weighted by molar-refractivity contribution is 9.10. The lowest BCUT2D eigenvalue weighted by Crippen LogP contribution is -2.36. The van der Waals surface area contributed by atoms with Gasteiger partial charge in [-0.1, -0.05) is 6.92 Å². The van der Waals surface area contributed by atoms with Gasteiger partial charge in [0.05, 0.1) is 15.9 Å². The Morgan fingerprint density at radius 1 is 1.50 bits per heavy atom. The molecule has 0 amide bonds. The Morgan fingerprint density at radius 2 is 2.17 bits per heavy atom. The van der Waals surface area contributed by atoms with Gasteiger partial charge in [0, 0.05) is 19.0 Å². The molecule has 2 unspecified atom stereocenters. The van der Waals surface area contributed by atoms with Gasteiger partial charge in [0.2, 0.25) is 0 Å². The number of hydrogen-bond donors (Lipinski definition) is 1. The van der Waals surface area contributed by atoms with Crippen molar-refractivity contribution in [3.05, 3.63) is 15.9 Å². The highest BCUT2D eigenvalue weighted by atomic mass is 79.9. The number of nitrogens with one attached hydrogen (secondary N) is 1. The lowest BCUT2D eigenvalue weighted by molar-refractivity contribution is 0.350. The van der Waals surface area contributed by atoms with E-state index in [1.54, 1.807) is 0 Å². The van der Waals surface area contributed by atoms with Crippen molar-refractivity contribution in [2.24, 2.45) is 11.8 Å². The van der Waals surface area contributed by atoms with E-state index in [2.05, 4.69) is 58.8 Å². The van der Waals surface area contributed by atoms with Gasteiger partial charge in [-0.15, -0.1) is 0 Å². The first-order chi connectivity index (χ1) is 8.58. The first-order valence-corrected chi connectivity index (χ1v) is 7.76. The highest BCUT2D eigenvalue weighted by Crippen LogP contribution is 2.39. The predicted octanol–water partition coefficient (Wildman–Crippen LogP) is 3.15. The van der Waals surface area contributed by atoms with Crippen molar-refractivity contribution in [1.82, 2.24) is 15.1 Å². The minimum atomic E-state index is 0.551. The van der Waals surface area contributed by atoms with Gasteiger partial charge in [-0.05, 0) is 61.5 Å². The molecule has 1 aliphatic carbocycles. The molecule has 0 radical (unpaired) electrons. The maximum absolute atomic E-state index is 4.58. The van der Waals surface area contributed by atoms with Crippen molar-refractivity contribution < 1.29 is 0 Å². The molecule has 1 fully saturated rings. The summed E-state index contributed by atoms with van der Waals surface area (Å²) in [4.78, 5) is 0. The van der Waals surface area contributed by atoms with Crippen LogP contribution in [0.2, 0.25) is 0 Å². The third-order valence-electron chi connectivity index (χ3n) is 4.24. The fourth-order valence-electron chi connectivity index (χ4n) is 2.77. The van der Waals surface area contributed by atoms with E-state index in [-0.39, 0.29) is 0 Å². The maximum atomic E-state index is 4.58. The van der Waals surface area contributed by atoms with Crippen LogP contribution in [0.4, 0.5) is 0 Å². The minimum absolute atomic E-state index is 0.551. The second-order valence-corrected chi connectivity index (χ2v) is 6.25. The molecule has 102 valence electrons. The van der Waals surface area contributed by atoms with Crippen molar-refractivity contribution in [2.75, 3.05) is 7.05 Å². The second kappa shape index (κ2) is 5.74. The summed E-state index contributed by atoms with van der Waals surface area (Å²) in [5, 5.41) is 8.08. The zero-order chi connectivity index (χ0) is 13.3. The van der Waals surface area contributed by atoms with E-state index in [9.17, 15) is 0 Å². The lowest BCUT2D eigenvalue weighted by Gasteiger charge is -2.24. The van der Waals surface area contributed by atoms with Gasteiger partial charge in [-0.2, -0.15) is 5.10 Å². The maximum Gasteiger partial charge on any atom is 0.0738 e. The first-order valence-electron chi connectivity index (χ1n) is 6.97. The third-order valence-corrected chi connectivity index (χ3v) is 5.27. The van der Waals surface area contributed by atoms with Crippen molar-refractivity contribution in [3.63, 3.8) is 0 Å². The highest BCUT2D eigenvalue weighted by Gasteiger charge is 2.33. The number of aromatic nitrogens is 2. The fourth-order valence-corrected chi connectivity index (χ4v) is 3.22. The van der Waals surface area contributed by atoms with E-state index in [1.807, 2.05) is 0 Å². The Kier molecular flexibility index (Phi) is 4.49. The Labute approximate surface area is 118 Å². The number of halogens is 1. The molecule has 1 N–H and O–H groups in total. The molecule has 18 heavy (non-hydrogen) atoms. The van der Waals surface area contributed by atoms with Gasteiger partial charge < -0.3 is 5.32 Å². The zero-order valence-electron chi connectivity index (χ0n) is 11.8. The summed E-state index contributed by atoms with van der Waals surface area (Å²) in [6.07, 6.45) is 3.88. The van der Waals surface area contributed by atoms with Crippen LogP contribution in [-0.2, 0) is 13.0 Å². The molecule has 1 aromatic heterocycles. The van der Waals surface area contributed by atoms with E-state index in [0.29, 0.717) is 6.04 Å². The third kappa shape index (κ3) is 2.80. The van der Waals surface area contributed by atoms with Crippen LogP contribution < -0.4 is 5.32 Å². The summed E-state index contributed by atoms with van der Waals surface area (Å²) < 4.78 is 3.32. The van der Waals surface area contributed by atoms with E-state index >= 15 is 0 Å². The molecule has 3 nitrogen and oxygen atoms in total. The summed E-state index contributed by atoms with van der Waals surface area (Å²) in [5.41, 5.74) is 2.43. The zero-order valence-corrected chi connectivity index (χ0v) is 13.4. The molecule has 2 rings (SSSR count). The summed E-state index contributed by atoms with van der Waals surface area (Å²) in [5.74, 6) is 1.68. The van der Waals surface area contributed by atoms with E-state index < -0.39 is 0 Å². The second-order valence-electron chi connectivity index (χ2n) is 5.46. The molecule has 1 saturated carbocycles. The van der Waals surface area contributed by atoms with Crippen LogP contribution >= 0.6 is 15.9 Å². The molecule has 0 bridgehead atoms. The number of aryl methyl sites for hydroxylation is 2. The van der Waals surface area contributed by atoms with Crippen LogP contribution in [0, 0.1) is 18.8 Å². The van der Waals surface area contributed by atoms with Crippen LogP contribution in [-0.4, -0.2) is 22.9 Å². The summed E-state index contributed by atoms with van der Waals surface area (Å²) in [6, 6.07) is 0.551. The Hall–Kier alpha value is -0.350. The van der Waals surface area contributed by atoms with Crippen LogP contribution in [0.5, 0.6) is 0 Å². The molecule has 2 atom stereocenters. The normalized spacial score (nSPS) is 18.9. The van der Waals surface area contributed by atoms with Gasteiger partial charge in [0.1, 0.15) is 0 Å². The Bertz CT molecular complexity index is 409. The number of hydrogen-bond acceptors (Lipinski definition) is 2. The topological polar surface area (TPSA) is 29.9 Å². The minimum Gasteiger partial charge on any atom is -0.316 e. The van der Waals surface area contributed by atoms with Crippen molar-refractivity contribution >= 4 is 15.9 Å². The molecule has 0 aliphatic heterocycles. The molecule has 4 heteroatoms. The lowest BCUT2D eigenvalue weighted by atomic mass is 9.93. The molecular formula is C14H24BrN3. The fraction of sp³-hybridized carbons (Fsp3) is 0.786. The smallest absolute Gasteiger partial charge is 0.0738 e. The van der Waals surface area contributed by atoms with Crippen LogP contribution in [0.15, 0.2) is 4.47 Å². The Morgan fingerprint density at radius 3 is 2.67 bits per heavy atom. The predicted molar refractivity (Wildman–Crippen MR) is 78.8 cm³/mol. The quantitative estimate of drug-likeness (QED) is 0.874. The molecule has 0 aromatic carbocycles. The SMILES string of the molecule is CCn1nc(C)c(Br)c1CC(NC)C(C)C1CC1. The van der Waals surface area contributed by atoms with Gasteiger partial charge in [0.15, 0.2) is 0 Å². The van der Waals surface area contributed by atoms with Crippen molar-refractivity contribution in [1.29, 1.82) is 0 Å². The molecule has 1 aliphatic rings. The largest absolute Gasteiger partial charge is 0.316 e. The van der Waals surface area contributed by atoms with Gasteiger partial charge in [0.25, 0.3) is 0 Å². The summed E-state index contributed by atoms with van der Waals surface area (Å²) >= 11 is 3.69. The molecule has 1 heterocycles. The Balaban J connectivity index is 2.15. The van der Waals surface area contributed by atoms with E-state index in [0.717, 1.165) is 30.5 Å². The standard InChI is InChI=1S/C14H24BrN3/c1-5-18-13(14(15)10(3)17-18)8-12(16-4)9(2)11-6-7-11/h9,11-12,16H,5-8H2,1-4H3. The van der Waals surface area contributed by atoms with E-state index in [1.165, 1.54) is 23.0 Å². The van der Waals surface area contributed by atoms with Crippen molar-refractivity contribution in [3.8, 4) is 0 Å². The van der Waals surface area contributed by atoms with E-state index in [4.69, 9.17) is 0 Å². The van der Waals surface area contributed by atoms with Crippen molar-refractivity contribution in [2.45, 2.75) is 52.6 Å². The number of likely N-dealkylation sites (N-methyl/N-ethyl adjacent to an activating group) is 1. The molecule has 0 spiro atoms. The van der Waals surface area contributed by atoms with Gasteiger partial charge in [-0.25, -0.2) is 0 Å². The summed E-state index contributed by atoms with van der Waals surface area (Å²) in [6.45, 7) is 7.54. The van der Waals surface area contributed by atoms with Crippen LogP contribution in [0.3, 0.4) is 0 Å². The monoisotopic (exact) mass is 313 g/mol. The molecule has 0 saturated heterocycles. The number of nitrogens with zero attached hydrogens (tertiary/aromatic N) is 2. The van der Waals surface area contributed by atoms with Crippen LogP contribution in [0.25, 0.3) is 0 Å². The first kappa shape index (κ1) is 14.1. The average molecular weight is 314 g/mol. The average Bonchev–Trinajstić information content (AvgIpc) is 3.17. The molecule has 1 aromatic rings.